The first-order chi connectivity index (χ1) is 8.84. The van der Waals surface area contributed by atoms with Crippen molar-refractivity contribution < 1.29 is 14.7 Å². The minimum Gasteiger partial charge on any atom is -0.480 e. The van der Waals surface area contributed by atoms with Crippen molar-refractivity contribution >= 4 is 11.9 Å². The third-order valence-electron chi connectivity index (χ3n) is 3.53. The minimum atomic E-state index is -1.29. The van der Waals surface area contributed by atoms with Crippen LogP contribution in [0.5, 0.6) is 0 Å². The lowest BCUT2D eigenvalue weighted by Crippen LogP contribution is -2.50. The van der Waals surface area contributed by atoms with Crippen LogP contribution in [-0.4, -0.2) is 62.6 Å². The zero-order valence-corrected chi connectivity index (χ0v) is 11.1. The summed E-state index contributed by atoms with van der Waals surface area (Å²) in [4.78, 5) is 24.4. The van der Waals surface area contributed by atoms with E-state index >= 15 is 0 Å². The van der Waals surface area contributed by atoms with Gasteiger partial charge in [-0.15, -0.1) is 5.10 Å². The van der Waals surface area contributed by atoms with E-state index < -0.39 is 17.4 Å². The number of rotatable bonds is 4. The van der Waals surface area contributed by atoms with Crippen LogP contribution in [-0.2, 0) is 4.79 Å². The number of aromatic nitrogens is 3. The summed E-state index contributed by atoms with van der Waals surface area (Å²) in [5, 5.41) is 19.9. The lowest BCUT2D eigenvalue weighted by atomic mass is 10.0. The number of carbonyl (C=O) groups excluding carboxylic acids is 1. The van der Waals surface area contributed by atoms with Gasteiger partial charge in [0.15, 0.2) is 5.69 Å². The minimum absolute atomic E-state index is 0.156. The average molecular weight is 267 g/mol. The van der Waals surface area contributed by atoms with Gasteiger partial charge in [-0.2, -0.15) is 0 Å². The Hall–Kier alpha value is -1.96. The van der Waals surface area contributed by atoms with Gasteiger partial charge in [-0.3, -0.25) is 4.79 Å². The molecule has 0 atom stereocenters. The predicted octanol–water partition coefficient (Wildman–Crippen LogP) is -0.642. The van der Waals surface area contributed by atoms with E-state index in [1.807, 2.05) is 0 Å². The Morgan fingerprint density at radius 2 is 2.16 bits per heavy atom. The van der Waals surface area contributed by atoms with Gasteiger partial charge in [-0.1, -0.05) is 5.21 Å². The number of hydrogen-bond donors (Lipinski definition) is 2. The molecule has 1 aromatic rings. The Morgan fingerprint density at radius 1 is 1.53 bits per heavy atom. The molecule has 1 aliphatic heterocycles. The van der Waals surface area contributed by atoms with Crippen LogP contribution in [0.3, 0.4) is 0 Å². The third-order valence-corrected chi connectivity index (χ3v) is 3.53. The van der Waals surface area contributed by atoms with E-state index in [-0.39, 0.29) is 11.7 Å². The van der Waals surface area contributed by atoms with Crippen molar-refractivity contribution in [3.8, 4) is 0 Å². The molecular weight excluding hydrogens is 250 g/mol. The Balaban J connectivity index is 2.15. The lowest BCUT2D eigenvalue weighted by Gasteiger charge is -2.30. The molecule has 1 aromatic heterocycles. The predicted molar refractivity (Wildman–Crippen MR) is 65.7 cm³/mol. The van der Waals surface area contributed by atoms with Crippen molar-refractivity contribution in [2.24, 2.45) is 0 Å². The maximum absolute atomic E-state index is 12.2. The van der Waals surface area contributed by atoms with Gasteiger partial charge in [-0.05, 0) is 13.8 Å². The molecule has 8 heteroatoms. The zero-order valence-electron chi connectivity index (χ0n) is 11.1. The van der Waals surface area contributed by atoms with Crippen molar-refractivity contribution in [1.82, 2.24) is 25.2 Å². The van der Waals surface area contributed by atoms with E-state index in [2.05, 4.69) is 15.6 Å². The normalized spacial score (nSPS) is 15.9. The molecule has 1 fully saturated rings. The largest absolute Gasteiger partial charge is 0.480 e. The van der Waals surface area contributed by atoms with Gasteiger partial charge in [-0.25, -0.2) is 9.48 Å². The van der Waals surface area contributed by atoms with Crippen LogP contribution >= 0.6 is 0 Å². The van der Waals surface area contributed by atoms with Gasteiger partial charge in [0.25, 0.3) is 5.91 Å². The number of carbonyl (C=O) groups is 2. The Morgan fingerprint density at radius 3 is 2.63 bits per heavy atom. The molecule has 1 amide bonds. The SMILES string of the molecule is CN(C(=O)c1cn(C2CNC2)nn1)C(C)(C)C(=O)O. The number of nitrogens with one attached hydrogen (secondary N) is 1. The topological polar surface area (TPSA) is 100 Å². The molecule has 0 aliphatic carbocycles. The number of likely N-dealkylation sites (N-methyl/N-ethyl adjacent to an activating group) is 1. The second kappa shape index (κ2) is 4.61. The van der Waals surface area contributed by atoms with Crippen molar-refractivity contribution in [3.63, 3.8) is 0 Å². The molecule has 19 heavy (non-hydrogen) atoms. The van der Waals surface area contributed by atoms with Crippen LogP contribution in [0.4, 0.5) is 0 Å². The number of amides is 1. The first kappa shape index (κ1) is 13.5. The summed E-state index contributed by atoms with van der Waals surface area (Å²) in [6, 6.07) is 0.215. The molecule has 0 bridgehead atoms. The van der Waals surface area contributed by atoms with E-state index in [9.17, 15) is 9.59 Å². The first-order valence-electron chi connectivity index (χ1n) is 5.98. The van der Waals surface area contributed by atoms with Crippen molar-refractivity contribution in [1.29, 1.82) is 0 Å². The number of carboxylic acids is 1. The maximum atomic E-state index is 12.2. The quantitative estimate of drug-likeness (QED) is 0.752. The van der Waals surface area contributed by atoms with Gasteiger partial charge in [0, 0.05) is 20.1 Å². The molecule has 0 unspecified atom stereocenters. The van der Waals surface area contributed by atoms with E-state index in [1.165, 1.54) is 20.9 Å². The molecule has 104 valence electrons. The van der Waals surface area contributed by atoms with Gasteiger partial charge in [0.2, 0.25) is 0 Å². The average Bonchev–Trinajstić information content (AvgIpc) is 2.73. The highest BCUT2D eigenvalue weighted by Crippen LogP contribution is 2.16. The first-order valence-corrected chi connectivity index (χ1v) is 5.98. The second-order valence-corrected chi connectivity index (χ2v) is 5.12. The third kappa shape index (κ3) is 2.30. The van der Waals surface area contributed by atoms with E-state index in [0.29, 0.717) is 0 Å². The summed E-state index contributed by atoms with van der Waals surface area (Å²) >= 11 is 0. The van der Waals surface area contributed by atoms with Crippen molar-refractivity contribution in [2.75, 3.05) is 20.1 Å². The number of aliphatic carboxylic acids is 1. The summed E-state index contributed by atoms with van der Waals surface area (Å²) in [6.07, 6.45) is 1.56. The molecule has 2 rings (SSSR count). The zero-order chi connectivity index (χ0) is 14.2. The highest BCUT2D eigenvalue weighted by atomic mass is 16.4. The lowest BCUT2D eigenvalue weighted by molar-refractivity contribution is -0.147. The van der Waals surface area contributed by atoms with Crippen molar-refractivity contribution in [3.05, 3.63) is 11.9 Å². The van der Waals surface area contributed by atoms with Gasteiger partial charge in [0.05, 0.1) is 12.2 Å². The van der Waals surface area contributed by atoms with Crippen LogP contribution in [0.15, 0.2) is 6.20 Å². The molecule has 2 heterocycles. The van der Waals surface area contributed by atoms with E-state index in [4.69, 9.17) is 5.11 Å². The van der Waals surface area contributed by atoms with Crippen LogP contribution in [0.1, 0.15) is 30.4 Å². The highest BCUT2D eigenvalue weighted by molar-refractivity contribution is 5.95. The molecule has 0 radical (unpaired) electrons. The van der Waals surface area contributed by atoms with Crippen LogP contribution in [0.25, 0.3) is 0 Å². The van der Waals surface area contributed by atoms with Gasteiger partial charge < -0.3 is 15.3 Å². The Kier molecular flexibility index (Phi) is 3.27. The Labute approximate surface area is 110 Å². The number of hydrogen-bond acceptors (Lipinski definition) is 5. The summed E-state index contributed by atoms with van der Waals surface area (Å²) < 4.78 is 1.63. The number of nitrogens with zero attached hydrogens (tertiary/aromatic N) is 4. The van der Waals surface area contributed by atoms with E-state index in [1.54, 1.807) is 10.9 Å². The standard InChI is InChI=1S/C11H17N5O3/c1-11(2,10(18)19)15(3)9(17)8-6-16(14-13-8)7-4-12-5-7/h6-7,12H,4-5H2,1-3H3,(H,18,19). The smallest absolute Gasteiger partial charge is 0.329 e. The number of carboxylic acid groups (broad SMARTS) is 1. The van der Waals surface area contributed by atoms with Crippen molar-refractivity contribution in [2.45, 2.75) is 25.4 Å². The van der Waals surface area contributed by atoms with Gasteiger partial charge in [0.1, 0.15) is 5.54 Å². The summed E-state index contributed by atoms with van der Waals surface area (Å²) in [5.74, 6) is -1.52. The Bertz CT molecular complexity index is 506. The molecule has 0 spiro atoms. The molecule has 1 aliphatic rings. The van der Waals surface area contributed by atoms with E-state index in [0.717, 1.165) is 18.0 Å². The fourth-order valence-electron chi connectivity index (χ4n) is 1.58. The molecule has 1 saturated heterocycles. The summed E-state index contributed by atoms with van der Waals surface area (Å²) in [5.41, 5.74) is -1.14. The highest BCUT2D eigenvalue weighted by Gasteiger charge is 2.36. The summed E-state index contributed by atoms with van der Waals surface area (Å²) in [7, 11) is 1.44. The molecule has 8 nitrogen and oxygen atoms in total. The summed E-state index contributed by atoms with van der Waals surface area (Å²) in [6.45, 7) is 4.53. The molecular formula is C11H17N5O3. The van der Waals surface area contributed by atoms with Gasteiger partial charge >= 0.3 is 5.97 Å². The second-order valence-electron chi connectivity index (χ2n) is 5.12. The van der Waals surface area contributed by atoms with Crippen LogP contribution in [0.2, 0.25) is 0 Å². The van der Waals surface area contributed by atoms with Crippen LogP contribution in [0, 0.1) is 0 Å². The fraction of sp³-hybridized carbons (Fsp3) is 0.636. The molecule has 0 aromatic carbocycles. The monoisotopic (exact) mass is 267 g/mol. The fourth-order valence-corrected chi connectivity index (χ4v) is 1.58. The molecule has 2 N–H and O–H groups in total. The van der Waals surface area contributed by atoms with Crippen LogP contribution < -0.4 is 5.32 Å². The molecule has 0 saturated carbocycles. The maximum Gasteiger partial charge on any atom is 0.329 e.